The van der Waals surface area contributed by atoms with E-state index in [0.29, 0.717) is 17.7 Å². The topological polar surface area (TPSA) is 54.9 Å². The molecule has 1 aromatic heterocycles. The van der Waals surface area contributed by atoms with Crippen LogP contribution in [0.25, 0.3) is 11.1 Å². The molecule has 1 heterocycles. The van der Waals surface area contributed by atoms with Crippen molar-refractivity contribution >= 4 is 5.91 Å². The number of carbonyl (C=O) groups is 1. The van der Waals surface area contributed by atoms with Crippen molar-refractivity contribution in [2.75, 3.05) is 6.54 Å². The van der Waals surface area contributed by atoms with Crippen molar-refractivity contribution in [3.8, 4) is 11.1 Å². The number of hydrogen-bond acceptors (Lipinski definition) is 3. The number of halogens is 1. The Kier molecular flexibility index (Phi) is 5.14. The molecule has 0 spiro atoms. The van der Waals surface area contributed by atoms with Crippen molar-refractivity contribution in [3.63, 3.8) is 0 Å². The molecular weight excluding hydrogens is 317 g/mol. The molecule has 0 aliphatic carbocycles. The van der Waals surface area contributed by atoms with Crippen molar-refractivity contribution < 1.29 is 9.18 Å². The van der Waals surface area contributed by atoms with E-state index < -0.39 is 0 Å². The second-order valence-corrected chi connectivity index (χ2v) is 5.84. The second-order valence-electron chi connectivity index (χ2n) is 5.84. The van der Waals surface area contributed by atoms with E-state index in [-0.39, 0.29) is 17.6 Å². The Balaban J connectivity index is 1.68. The van der Waals surface area contributed by atoms with Crippen LogP contribution in [0.1, 0.15) is 28.8 Å². The van der Waals surface area contributed by atoms with Gasteiger partial charge in [0, 0.05) is 24.9 Å². The lowest BCUT2D eigenvalue weighted by Gasteiger charge is -2.15. The van der Waals surface area contributed by atoms with Crippen LogP contribution in [0.15, 0.2) is 67.3 Å². The minimum absolute atomic E-state index is 0.154. The normalized spacial score (nSPS) is 11.8. The molecular formula is C20H18FN3O. The summed E-state index contributed by atoms with van der Waals surface area (Å²) in [7, 11) is 0. The Hall–Kier alpha value is -3.08. The van der Waals surface area contributed by atoms with Gasteiger partial charge in [-0.1, -0.05) is 49.4 Å². The fraction of sp³-hybridized carbons (Fsp3) is 0.150. The molecule has 25 heavy (non-hydrogen) atoms. The third-order valence-electron chi connectivity index (χ3n) is 4.03. The molecule has 4 nitrogen and oxygen atoms in total. The van der Waals surface area contributed by atoms with E-state index >= 15 is 0 Å². The van der Waals surface area contributed by atoms with Crippen LogP contribution in [-0.2, 0) is 0 Å². The smallest absolute Gasteiger partial charge is 0.254 e. The highest BCUT2D eigenvalue weighted by Gasteiger charge is 2.14. The van der Waals surface area contributed by atoms with Gasteiger partial charge in [0.15, 0.2) is 0 Å². The van der Waals surface area contributed by atoms with Crippen molar-refractivity contribution in [1.29, 1.82) is 0 Å². The van der Waals surface area contributed by atoms with E-state index in [4.69, 9.17) is 0 Å². The van der Waals surface area contributed by atoms with Crippen LogP contribution >= 0.6 is 0 Å². The molecule has 0 saturated heterocycles. The van der Waals surface area contributed by atoms with E-state index in [1.54, 1.807) is 6.07 Å². The maximum Gasteiger partial charge on any atom is 0.254 e. The number of nitrogens with zero attached hydrogens (tertiary/aromatic N) is 2. The molecule has 0 bridgehead atoms. The Morgan fingerprint density at radius 1 is 1.08 bits per heavy atom. The molecule has 0 saturated carbocycles. The molecule has 1 N–H and O–H groups in total. The van der Waals surface area contributed by atoms with E-state index in [1.807, 2.05) is 43.3 Å². The lowest BCUT2D eigenvalue weighted by Crippen LogP contribution is -2.28. The van der Waals surface area contributed by atoms with Gasteiger partial charge in [-0.15, -0.1) is 0 Å². The molecule has 5 heteroatoms. The van der Waals surface area contributed by atoms with E-state index in [1.165, 1.54) is 24.8 Å². The zero-order valence-electron chi connectivity index (χ0n) is 13.8. The molecule has 1 atom stereocenters. The number of rotatable bonds is 5. The van der Waals surface area contributed by atoms with Gasteiger partial charge in [0.1, 0.15) is 12.1 Å². The summed E-state index contributed by atoms with van der Waals surface area (Å²) >= 11 is 0. The number of carbonyl (C=O) groups excluding carboxylic acids is 1. The monoisotopic (exact) mass is 335 g/mol. The first-order valence-corrected chi connectivity index (χ1v) is 8.03. The van der Waals surface area contributed by atoms with Crippen molar-refractivity contribution in [2.24, 2.45) is 0 Å². The predicted octanol–water partition coefficient (Wildman–Crippen LogP) is 3.82. The van der Waals surface area contributed by atoms with Gasteiger partial charge in [0.05, 0.1) is 5.56 Å². The maximum atomic E-state index is 14.5. The predicted molar refractivity (Wildman–Crippen MR) is 94.6 cm³/mol. The first-order chi connectivity index (χ1) is 12.1. The lowest BCUT2D eigenvalue weighted by molar-refractivity contribution is 0.0950. The summed E-state index contributed by atoms with van der Waals surface area (Å²) in [6.45, 7) is 2.21. The summed E-state index contributed by atoms with van der Waals surface area (Å²) in [6.07, 6.45) is 4.26. The number of hydrogen-bond donors (Lipinski definition) is 1. The SMILES string of the molecule is CC(CNC(=O)c1cncnc1)c1ccc(-c2ccccc2)cc1F. The zero-order valence-corrected chi connectivity index (χ0v) is 13.8. The standard InChI is InChI=1S/C20H18FN3O/c1-14(10-24-20(25)17-11-22-13-23-12-17)18-8-7-16(9-19(18)21)15-5-3-2-4-6-15/h2-9,11-14H,10H2,1H3,(H,24,25). The summed E-state index contributed by atoms with van der Waals surface area (Å²) < 4.78 is 14.5. The second kappa shape index (κ2) is 7.66. The van der Waals surface area contributed by atoms with Crippen molar-refractivity contribution in [1.82, 2.24) is 15.3 Å². The number of amides is 1. The van der Waals surface area contributed by atoms with Gasteiger partial charge in [-0.2, -0.15) is 0 Å². The molecule has 0 radical (unpaired) electrons. The Morgan fingerprint density at radius 2 is 1.80 bits per heavy atom. The van der Waals surface area contributed by atoms with Gasteiger partial charge in [0.2, 0.25) is 0 Å². The molecule has 0 aliphatic rings. The minimum Gasteiger partial charge on any atom is -0.351 e. The number of benzene rings is 2. The Labute approximate surface area is 145 Å². The average Bonchev–Trinajstić information content (AvgIpc) is 2.67. The zero-order chi connectivity index (χ0) is 17.6. The molecule has 0 aliphatic heterocycles. The quantitative estimate of drug-likeness (QED) is 0.771. The lowest BCUT2D eigenvalue weighted by atomic mass is 9.96. The summed E-state index contributed by atoms with van der Waals surface area (Å²) in [4.78, 5) is 19.6. The fourth-order valence-corrected chi connectivity index (χ4v) is 2.61. The van der Waals surface area contributed by atoms with Gasteiger partial charge in [-0.25, -0.2) is 14.4 Å². The van der Waals surface area contributed by atoms with Crippen LogP contribution in [-0.4, -0.2) is 22.4 Å². The van der Waals surface area contributed by atoms with Crippen molar-refractivity contribution in [3.05, 3.63) is 84.2 Å². The molecule has 2 aromatic carbocycles. The minimum atomic E-state index is -0.272. The molecule has 1 amide bonds. The first kappa shape index (κ1) is 16.8. The van der Waals surface area contributed by atoms with Crippen LogP contribution in [0, 0.1) is 5.82 Å². The highest BCUT2D eigenvalue weighted by atomic mass is 19.1. The average molecular weight is 335 g/mol. The number of aromatic nitrogens is 2. The highest BCUT2D eigenvalue weighted by Crippen LogP contribution is 2.25. The van der Waals surface area contributed by atoms with Crippen LogP contribution in [0.4, 0.5) is 4.39 Å². The molecule has 0 fully saturated rings. The third kappa shape index (κ3) is 4.07. The fourth-order valence-electron chi connectivity index (χ4n) is 2.61. The van der Waals surface area contributed by atoms with Crippen molar-refractivity contribution in [2.45, 2.75) is 12.8 Å². The van der Waals surface area contributed by atoms with E-state index in [2.05, 4.69) is 15.3 Å². The van der Waals surface area contributed by atoms with Crippen LogP contribution in [0.3, 0.4) is 0 Å². The van der Waals surface area contributed by atoms with E-state index in [9.17, 15) is 9.18 Å². The third-order valence-corrected chi connectivity index (χ3v) is 4.03. The molecule has 3 rings (SSSR count). The van der Waals surface area contributed by atoms with E-state index in [0.717, 1.165) is 11.1 Å². The van der Waals surface area contributed by atoms with Crippen LogP contribution in [0.5, 0.6) is 0 Å². The maximum absolute atomic E-state index is 14.5. The molecule has 1 unspecified atom stereocenters. The van der Waals surface area contributed by atoms with Gasteiger partial charge < -0.3 is 5.32 Å². The Bertz CT molecular complexity index is 853. The number of nitrogens with one attached hydrogen (secondary N) is 1. The molecule has 126 valence electrons. The van der Waals surface area contributed by atoms with Crippen LogP contribution < -0.4 is 5.32 Å². The van der Waals surface area contributed by atoms with Gasteiger partial charge in [-0.05, 0) is 22.8 Å². The summed E-state index contributed by atoms with van der Waals surface area (Å²) in [5.74, 6) is -0.696. The van der Waals surface area contributed by atoms with Crippen LogP contribution in [0.2, 0.25) is 0 Å². The van der Waals surface area contributed by atoms with Gasteiger partial charge >= 0.3 is 0 Å². The summed E-state index contributed by atoms with van der Waals surface area (Å²) in [5, 5.41) is 2.79. The molecule has 3 aromatic rings. The highest BCUT2D eigenvalue weighted by molar-refractivity contribution is 5.93. The van der Waals surface area contributed by atoms with Gasteiger partial charge in [-0.3, -0.25) is 4.79 Å². The summed E-state index contributed by atoms with van der Waals surface area (Å²) in [5.41, 5.74) is 2.76. The first-order valence-electron chi connectivity index (χ1n) is 8.03. The Morgan fingerprint density at radius 3 is 2.48 bits per heavy atom. The summed E-state index contributed by atoms with van der Waals surface area (Å²) in [6, 6.07) is 14.9. The van der Waals surface area contributed by atoms with Gasteiger partial charge in [0.25, 0.3) is 5.91 Å². The largest absolute Gasteiger partial charge is 0.351 e.